The third-order valence-electron chi connectivity index (χ3n) is 3.51. The molecule has 3 heteroatoms. The third kappa shape index (κ3) is 4.99. The van der Waals surface area contributed by atoms with Gasteiger partial charge in [0.05, 0.1) is 6.61 Å². The molecular weight excluding hydrogens is 270 g/mol. The van der Waals surface area contributed by atoms with Gasteiger partial charge in [-0.15, -0.1) is 12.4 Å². The smallest absolute Gasteiger partial charge is 0.125 e. The standard InChI is InChI=1S/C17H29NO.ClH/c1-7-15(18)11-13-10-14(17(4,5)6)9-12(3)16(13)19-8-2;/h9-10,15H,7-8,11,18H2,1-6H3;1H. The summed E-state index contributed by atoms with van der Waals surface area (Å²) in [5.74, 6) is 1.03. The topological polar surface area (TPSA) is 35.2 Å². The van der Waals surface area contributed by atoms with Crippen LogP contribution in [0, 0.1) is 6.92 Å². The molecule has 116 valence electrons. The van der Waals surface area contributed by atoms with Gasteiger partial charge in [-0.1, -0.05) is 39.8 Å². The summed E-state index contributed by atoms with van der Waals surface area (Å²) in [7, 11) is 0. The van der Waals surface area contributed by atoms with Crippen molar-refractivity contribution in [3.05, 3.63) is 28.8 Å². The number of ether oxygens (including phenoxy) is 1. The summed E-state index contributed by atoms with van der Waals surface area (Å²) < 4.78 is 5.83. The molecule has 1 aromatic carbocycles. The second-order valence-corrected chi connectivity index (χ2v) is 6.34. The van der Waals surface area contributed by atoms with Crippen LogP contribution in [0.15, 0.2) is 12.1 Å². The maximum absolute atomic E-state index is 6.12. The molecule has 2 nitrogen and oxygen atoms in total. The third-order valence-corrected chi connectivity index (χ3v) is 3.51. The Bertz CT molecular complexity index is 424. The summed E-state index contributed by atoms with van der Waals surface area (Å²) in [5.41, 5.74) is 10.1. The van der Waals surface area contributed by atoms with E-state index < -0.39 is 0 Å². The number of rotatable bonds is 5. The van der Waals surface area contributed by atoms with Gasteiger partial charge < -0.3 is 10.5 Å². The Morgan fingerprint density at radius 2 is 1.80 bits per heavy atom. The zero-order valence-corrected chi connectivity index (χ0v) is 14.6. The van der Waals surface area contributed by atoms with Crippen LogP contribution in [-0.4, -0.2) is 12.6 Å². The zero-order valence-electron chi connectivity index (χ0n) is 13.7. The fourth-order valence-corrected chi connectivity index (χ4v) is 2.21. The number of benzene rings is 1. The van der Waals surface area contributed by atoms with Crippen molar-refractivity contribution in [1.29, 1.82) is 0 Å². The Balaban J connectivity index is 0.00000361. The molecule has 1 aromatic rings. The molecule has 0 aliphatic carbocycles. The van der Waals surface area contributed by atoms with Gasteiger partial charge in [-0.3, -0.25) is 0 Å². The van der Waals surface area contributed by atoms with Gasteiger partial charge in [0, 0.05) is 6.04 Å². The van der Waals surface area contributed by atoms with Crippen molar-refractivity contribution in [3.8, 4) is 5.75 Å². The highest BCUT2D eigenvalue weighted by atomic mass is 35.5. The number of aryl methyl sites for hydroxylation is 1. The maximum atomic E-state index is 6.12. The van der Waals surface area contributed by atoms with E-state index in [2.05, 4.69) is 46.8 Å². The van der Waals surface area contributed by atoms with E-state index in [4.69, 9.17) is 10.5 Å². The number of nitrogens with two attached hydrogens (primary N) is 1. The van der Waals surface area contributed by atoms with Crippen molar-refractivity contribution in [2.45, 2.75) is 65.8 Å². The quantitative estimate of drug-likeness (QED) is 0.875. The summed E-state index contributed by atoms with van der Waals surface area (Å²) in [4.78, 5) is 0. The van der Waals surface area contributed by atoms with E-state index in [0.717, 1.165) is 18.6 Å². The van der Waals surface area contributed by atoms with Gasteiger partial charge in [0.2, 0.25) is 0 Å². The summed E-state index contributed by atoms with van der Waals surface area (Å²) in [6.07, 6.45) is 1.88. The van der Waals surface area contributed by atoms with Gasteiger partial charge >= 0.3 is 0 Å². The first-order valence-electron chi connectivity index (χ1n) is 7.32. The predicted octanol–water partition coefficient (Wildman–Crippen LogP) is 4.39. The van der Waals surface area contributed by atoms with Gasteiger partial charge in [0.15, 0.2) is 0 Å². The molecule has 0 amide bonds. The lowest BCUT2D eigenvalue weighted by molar-refractivity contribution is 0.332. The van der Waals surface area contributed by atoms with Crippen molar-refractivity contribution < 1.29 is 4.74 Å². The molecule has 0 aliphatic rings. The molecule has 2 N–H and O–H groups in total. The number of hydrogen-bond donors (Lipinski definition) is 1. The lowest BCUT2D eigenvalue weighted by Gasteiger charge is -2.24. The molecule has 0 saturated heterocycles. The van der Waals surface area contributed by atoms with Crippen LogP contribution in [0.5, 0.6) is 5.75 Å². The molecule has 0 spiro atoms. The molecule has 1 unspecified atom stereocenters. The Morgan fingerprint density at radius 3 is 2.25 bits per heavy atom. The first-order valence-corrected chi connectivity index (χ1v) is 7.32. The van der Waals surface area contributed by atoms with Crippen molar-refractivity contribution in [1.82, 2.24) is 0 Å². The van der Waals surface area contributed by atoms with Gasteiger partial charge in [0.1, 0.15) is 5.75 Å². The van der Waals surface area contributed by atoms with Gasteiger partial charge in [-0.25, -0.2) is 0 Å². The molecule has 0 saturated carbocycles. The van der Waals surface area contributed by atoms with Crippen LogP contribution in [0.4, 0.5) is 0 Å². The summed E-state index contributed by atoms with van der Waals surface area (Å²) in [5, 5.41) is 0. The fourth-order valence-electron chi connectivity index (χ4n) is 2.21. The second kappa shape index (κ2) is 7.90. The van der Waals surface area contributed by atoms with Crippen LogP contribution in [0.1, 0.15) is 57.7 Å². The van der Waals surface area contributed by atoms with E-state index in [1.165, 1.54) is 16.7 Å². The van der Waals surface area contributed by atoms with E-state index >= 15 is 0 Å². The monoisotopic (exact) mass is 299 g/mol. The Labute approximate surface area is 130 Å². The summed E-state index contributed by atoms with van der Waals surface area (Å²) in [6, 6.07) is 4.72. The van der Waals surface area contributed by atoms with Crippen molar-refractivity contribution in [2.24, 2.45) is 5.73 Å². The number of halogens is 1. The summed E-state index contributed by atoms with van der Waals surface area (Å²) >= 11 is 0. The molecular formula is C17H30ClNO. The van der Waals surface area contributed by atoms with Gasteiger partial charge in [-0.05, 0) is 48.8 Å². The Kier molecular flexibility index (Phi) is 7.61. The van der Waals surface area contributed by atoms with Crippen LogP contribution >= 0.6 is 12.4 Å². The highest BCUT2D eigenvalue weighted by Gasteiger charge is 2.19. The minimum Gasteiger partial charge on any atom is -0.493 e. The summed E-state index contributed by atoms with van der Waals surface area (Å²) in [6.45, 7) is 13.7. The van der Waals surface area contributed by atoms with Crippen LogP contribution in [0.2, 0.25) is 0 Å². The first-order chi connectivity index (χ1) is 8.79. The van der Waals surface area contributed by atoms with Crippen molar-refractivity contribution in [3.63, 3.8) is 0 Å². The highest BCUT2D eigenvalue weighted by molar-refractivity contribution is 5.85. The van der Waals surface area contributed by atoms with E-state index in [1.54, 1.807) is 0 Å². The van der Waals surface area contributed by atoms with Gasteiger partial charge in [-0.2, -0.15) is 0 Å². The van der Waals surface area contributed by atoms with E-state index in [-0.39, 0.29) is 23.9 Å². The molecule has 20 heavy (non-hydrogen) atoms. The molecule has 0 bridgehead atoms. The minimum atomic E-state index is 0. The average Bonchev–Trinajstić information content (AvgIpc) is 2.31. The lowest BCUT2D eigenvalue weighted by Crippen LogP contribution is -2.22. The van der Waals surface area contributed by atoms with Crippen molar-refractivity contribution >= 4 is 12.4 Å². The minimum absolute atomic E-state index is 0. The van der Waals surface area contributed by atoms with Crippen LogP contribution in [0.25, 0.3) is 0 Å². The molecule has 1 atom stereocenters. The van der Waals surface area contributed by atoms with Crippen molar-refractivity contribution in [2.75, 3.05) is 6.61 Å². The lowest BCUT2D eigenvalue weighted by atomic mass is 9.84. The molecule has 0 aromatic heterocycles. The normalized spacial score (nSPS) is 12.8. The highest BCUT2D eigenvalue weighted by Crippen LogP contribution is 2.32. The maximum Gasteiger partial charge on any atom is 0.125 e. The second-order valence-electron chi connectivity index (χ2n) is 6.34. The van der Waals surface area contributed by atoms with Crippen LogP contribution in [-0.2, 0) is 11.8 Å². The SMILES string of the molecule is CCOc1c(C)cc(C(C)(C)C)cc1CC(N)CC.Cl. The molecule has 0 heterocycles. The predicted molar refractivity (Wildman–Crippen MR) is 90.3 cm³/mol. The van der Waals surface area contributed by atoms with E-state index in [1.807, 2.05) is 6.92 Å². The van der Waals surface area contributed by atoms with Crippen LogP contribution < -0.4 is 10.5 Å². The first kappa shape index (κ1) is 19.3. The van der Waals surface area contributed by atoms with E-state index in [0.29, 0.717) is 6.61 Å². The molecule has 0 fully saturated rings. The number of hydrogen-bond acceptors (Lipinski definition) is 2. The van der Waals surface area contributed by atoms with Gasteiger partial charge in [0.25, 0.3) is 0 Å². The van der Waals surface area contributed by atoms with Crippen LogP contribution in [0.3, 0.4) is 0 Å². The zero-order chi connectivity index (χ0) is 14.6. The molecule has 1 rings (SSSR count). The largest absolute Gasteiger partial charge is 0.493 e. The Morgan fingerprint density at radius 1 is 1.20 bits per heavy atom. The van der Waals surface area contributed by atoms with E-state index in [9.17, 15) is 0 Å². The molecule has 0 radical (unpaired) electrons. The fraction of sp³-hybridized carbons (Fsp3) is 0.647. The average molecular weight is 300 g/mol. The molecule has 0 aliphatic heterocycles. The Hall–Kier alpha value is -0.730.